The number of carbonyl (C=O) groups is 2. The van der Waals surface area contributed by atoms with Gasteiger partial charge in [-0.25, -0.2) is 9.59 Å². The molecule has 8 heteroatoms. The Kier molecular flexibility index (Phi) is 11.8. The van der Waals surface area contributed by atoms with E-state index in [-0.39, 0.29) is 5.41 Å². The summed E-state index contributed by atoms with van der Waals surface area (Å²) in [6.45, 7) is 21.3. The SMILES string of the molecule is Cc1nc2ccccc2c(C(C)(C)C)c1C(OC(C)(C)C)C(=O)O.Cc1nc2ccccc2c(C2CCCCC2)c1C(OC(C)(C)C)C(=O)O. The fourth-order valence-corrected chi connectivity index (χ4v) is 7.19. The highest BCUT2D eigenvalue weighted by Crippen LogP contribution is 2.43. The van der Waals surface area contributed by atoms with Crippen molar-refractivity contribution in [2.45, 2.75) is 143 Å². The number of aliphatic carboxylic acids is 2. The molecular weight excluding hydrogens is 628 g/mol. The summed E-state index contributed by atoms with van der Waals surface area (Å²) >= 11 is 0. The number of carboxylic acid groups (broad SMARTS) is 2. The average Bonchev–Trinajstić information content (AvgIpc) is 3.00. The standard InChI is InChI=1S/C22H29NO3.C20H27NO3/c1-14-18(20(21(24)25)26-22(2,3)4)19(15-10-6-5-7-11-15)16-12-8-9-13-17(16)23-14;1-12-15(17(18(22)23)24-20(5,6)7)16(19(2,3)4)13-10-8-9-11-14(13)21-12/h8-9,12-13,15,20H,5-7,10-11H2,1-4H3,(H,24,25);8-11,17H,1-7H3,(H,22,23). The molecule has 0 spiro atoms. The molecule has 1 saturated carbocycles. The average molecular weight is 685 g/mol. The molecule has 5 rings (SSSR count). The van der Waals surface area contributed by atoms with E-state index in [0.29, 0.717) is 17.2 Å². The van der Waals surface area contributed by atoms with E-state index in [1.165, 1.54) is 19.3 Å². The molecule has 270 valence electrons. The Labute approximate surface area is 297 Å². The molecule has 1 fully saturated rings. The van der Waals surface area contributed by atoms with Crippen molar-refractivity contribution in [2.75, 3.05) is 0 Å². The number of aryl methyl sites for hydroxylation is 2. The number of hydrogen-bond acceptors (Lipinski definition) is 6. The third kappa shape index (κ3) is 9.26. The first kappa shape index (κ1) is 38.9. The summed E-state index contributed by atoms with van der Waals surface area (Å²) in [5.41, 5.74) is 5.49. The number of para-hydroxylation sites is 2. The van der Waals surface area contributed by atoms with Crippen LogP contribution in [0, 0.1) is 13.8 Å². The van der Waals surface area contributed by atoms with Crippen LogP contribution >= 0.6 is 0 Å². The van der Waals surface area contributed by atoms with Crippen molar-refractivity contribution in [3.05, 3.63) is 82.2 Å². The molecule has 0 bridgehead atoms. The summed E-state index contributed by atoms with van der Waals surface area (Å²) < 4.78 is 11.9. The summed E-state index contributed by atoms with van der Waals surface area (Å²) in [5, 5.41) is 21.8. The van der Waals surface area contributed by atoms with Crippen LogP contribution in [-0.4, -0.2) is 43.3 Å². The Morgan fingerprint density at radius 3 is 1.54 bits per heavy atom. The maximum absolute atomic E-state index is 12.1. The zero-order valence-electron chi connectivity index (χ0n) is 31.8. The van der Waals surface area contributed by atoms with E-state index in [9.17, 15) is 19.8 Å². The predicted molar refractivity (Wildman–Crippen MR) is 200 cm³/mol. The number of nitrogens with zero attached hydrogens (tertiary/aromatic N) is 2. The highest BCUT2D eigenvalue weighted by atomic mass is 16.5. The fraction of sp³-hybridized carbons (Fsp3) is 0.524. The number of rotatable bonds is 7. The van der Waals surface area contributed by atoms with E-state index in [0.717, 1.165) is 57.0 Å². The van der Waals surface area contributed by atoms with Crippen molar-refractivity contribution in [1.82, 2.24) is 9.97 Å². The van der Waals surface area contributed by atoms with Crippen molar-refractivity contribution < 1.29 is 29.3 Å². The van der Waals surface area contributed by atoms with Gasteiger partial charge in [-0.1, -0.05) is 76.4 Å². The Balaban J connectivity index is 0.000000226. The molecule has 0 radical (unpaired) electrons. The predicted octanol–water partition coefficient (Wildman–Crippen LogP) is 10.3. The van der Waals surface area contributed by atoms with E-state index in [4.69, 9.17) is 14.5 Å². The van der Waals surface area contributed by atoms with Crippen molar-refractivity contribution in [3.8, 4) is 0 Å². The molecule has 2 aromatic carbocycles. The molecule has 2 heterocycles. The van der Waals surface area contributed by atoms with Crippen LogP contribution in [0.25, 0.3) is 21.8 Å². The van der Waals surface area contributed by atoms with Gasteiger partial charge in [-0.3, -0.25) is 9.97 Å². The van der Waals surface area contributed by atoms with Crippen molar-refractivity contribution in [1.29, 1.82) is 0 Å². The molecule has 8 nitrogen and oxygen atoms in total. The van der Waals surface area contributed by atoms with Crippen LogP contribution in [-0.2, 0) is 24.5 Å². The lowest BCUT2D eigenvalue weighted by Crippen LogP contribution is -2.30. The van der Waals surface area contributed by atoms with Gasteiger partial charge in [0, 0.05) is 33.3 Å². The molecule has 50 heavy (non-hydrogen) atoms. The molecule has 2 aromatic heterocycles. The van der Waals surface area contributed by atoms with Gasteiger partial charge in [-0.2, -0.15) is 0 Å². The minimum absolute atomic E-state index is 0.239. The van der Waals surface area contributed by atoms with Gasteiger partial charge in [0.15, 0.2) is 12.2 Å². The largest absolute Gasteiger partial charge is 0.479 e. The van der Waals surface area contributed by atoms with Gasteiger partial charge in [0.1, 0.15) is 0 Å². The van der Waals surface area contributed by atoms with Crippen LogP contribution in [0.15, 0.2) is 48.5 Å². The quantitative estimate of drug-likeness (QED) is 0.197. The number of benzene rings is 2. The van der Waals surface area contributed by atoms with Crippen LogP contribution in [0.4, 0.5) is 0 Å². The van der Waals surface area contributed by atoms with Gasteiger partial charge in [0.05, 0.1) is 22.2 Å². The Hall–Kier alpha value is -3.88. The van der Waals surface area contributed by atoms with Crippen LogP contribution < -0.4 is 0 Å². The zero-order chi connectivity index (χ0) is 37.2. The van der Waals surface area contributed by atoms with Gasteiger partial charge in [0.2, 0.25) is 0 Å². The van der Waals surface area contributed by atoms with E-state index in [1.54, 1.807) is 0 Å². The van der Waals surface area contributed by atoms with Gasteiger partial charge in [-0.05, 0) is 103 Å². The van der Waals surface area contributed by atoms with Crippen molar-refractivity contribution in [2.24, 2.45) is 0 Å². The molecule has 2 atom stereocenters. The molecule has 0 saturated heterocycles. The van der Waals surface area contributed by atoms with Crippen LogP contribution in [0.1, 0.15) is 146 Å². The van der Waals surface area contributed by atoms with Gasteiger partial charge >= 0.3 is 11.9 Å². The molecule has 1 aliphatic rings. The van der Waals surface area contributed by atoms with Crippen LogP contribution in [0.2, 0.25) is 0 Å². The second-order valence-electron chi connectivity index (χ2n) is 16.5. The number of fused-ring (bicyclic) bond motifs is 2. The summed E-state index contributed by atoms with van der Waals surface area (Å²) in [6, 6.07) is 15.9. The molecular formula is C42H56N2O6. The third-order valence-electron chi connectivity index (χ3n) is 8.96. The number of pyridine rings is 2. The number of hydrogen-bond donors (Lipinski definition) is 2. The number of carboxylic acids is 2. The zero-order valence-corrected chi connectivity index (χ0v) is 31.8. The normalized spacial score (nSPS) is 15.7. The van der Waals surface area contributed by atoms with Crippen molar-refractivity contribution in [3.63, 3.8) is 0 Å². The summed E-state index contributed by atoms with van der Waals surface area (Å²) in [5.74, 6) is -1.57. The molecule has 4 aromatic rings. The molecule has 0 aliphatic heterocycles. The smallest absolute Gasteiger partial charge is 0.337 e. The van der Waals surface area contributed by atoms with E-state index >= 15 is 0 Å². The first-order chi connectivity index (χ1) is 23.2. The highest BCUT2D eigenvalue weighted by Gasteiger charge is 2.36. The second-order valence-corrected chi connectivity index (χ2v) is 16.5. The Morgan fingerprint density at radius 2 is 1.08 bits per heavy atom. The van der Waals surface area contributed by atoms with Crippen LogP contribution in [0.5, 0.6) is 0 Å². The Bertz CT molecular complexity index is 1840. The molecule has 2 N–H and O–H groups in total. The van der Waals surface area contributed by atoms with E-state index in [1.807, 2.05) is 97.9 Å². The maximum Gasteiger partial charge on any atom is 0.337 e. The van der Waals surface area contributed by atoms with Crippen molar-refractivity contribution >= 4 is 33.7 Å². The third-order valence-corrected chi connectivity index (χ3v) is 8.96. The summed E-state index contributed by atoms with van der Waals surface area (Å²) in [6.07, 6.45) is 3.80. The number of ether oxygens (including phenoxy) is 2. The lowest BCUT2D eigenvalue weighted by Gasteiger charge is -2.32. The van der Waals surface area contributed by atoms with Gasteiger partial charge in [-0.15, -0.1) is 0 Å². The first-order valence-corrected chi connectivity index (χ1v) is 17.8. The minimum Gasteiger partial charge on any atom is -0.479 e. The van der Waals surface area contributed by atoms with E-state index < -0.39 is 35.3 Å². The first-order valence-electron chi connectivity index (χ1n) is 17.8. The maximum atomic E-state index is 12.1. The topological polar surface area (TPSA) is 119 Å². The lowest BCUT2D eigenvalue weighted by atomic mass is 9.79. The number of aromatic nitrogens is 2. The molecule has 1 aliphatic carbocycles. The molecule has 2 unspecified atom stereocenters. The molecule has 0 amide bonds. The summed E-state index contributed by atoms with van der Waals surface area (Å²) in [7, 11) is 0. The summed E-state index contributed by atoms with van der Waals surface area (Å²) in [4.78, 5) is 33.5. The second kappa shape index (κ2) is 15.2. The monoisotopic (exact) mass is 684 g/mol. The van der Waals surface area contributed by atoms with Gasteiger partial charge in [0.25, 0.3) is 0 Å². The van der Waals surface area contributed by atoms with Crippen LogP contribution in [0.3, 0.4) is 0 Å². The minimum atomic E-state index is -1.05. The van der Waals surface area contributed by atoms with Gasteiger partial charge < -0.3 is 19.7 Å². The Morgan fingerprint density at radius 1 is 0.660 bits per heavy atom. The fourth-order valence-electron chi connectivity index (χ4n) is 7.19. The lowest BCUT2D eigenvalue weighted by molar-refractivity contribution is -0.161. The highest BCUT2D eigenvalue weighted by molar-refractivity contribution is 5.88. The van der Waals surface area contributed by atoms with E-state index in [2.05, 4.69) is 31.8 Å².